The number of nitrogens with one attached hydrogen (secondary N) is 1. The van der Waals surface area contributed by atoms with E-state index in [4.69, 9.17) is 4.74 Å². The van der Waals surface area contributed by atoms with Gasteiger partial charge in [0, 0.05) is 12.6 Å². The van der Waals surface area contributed by atoms with Crippen molar-refractivity contribution in [1.29, 1.82) is 0 Å². The van der Waals surface area contributed by atoms with Crippen molar-refractivity contribution in [3.8, 4) is 0 Å². The fraction of sp³-hybridized carbons (Fsp3) is 0.640. The summed E-state index contributed by atoms with van der Waals surface area (Å²) in [5, 5.41) is 2.77. The van der Waals surface area contributed by atoms with E-state index in [2.05, 4.69) is 26.1 Å². The quantitative estimate of drug-likeness (QED) is 0.676. The highest BCUT2D eigenvalue weighted by atomic mass is 16.5. The van der Waals surface area contributed by atoms with Gasteiger partial charge in [0.1, 0.15) is 6.04 Å². The van der Waals surface area contributed by atoms with Gasteiger partial charge in [-0.2, -0.15) is 0 Å². The van der Waals surface area contributed by atoms with Gasteiger partial charge in [0.05, 0.1) is 6.42 Å². The van der Waals surface area contributed by atoms with E-state index >= 15 is 0 Å². The van der Waals surface area contributed by atoms with E-state index in [0.717, 1.165) is 31.4 Å². The SMILES string of the molecule is CC(C)[C@H](NC(=O)Cc1ccccc1)C(=O)OCC(=O)N1C[C@@]2(C)C[C@@H]1CC(C)(C)C2. The van der Waals surface area contributed by atoms with Gasteiger partial charge >= 0.3 is 5.97 Å². The Kier molecular flexibility index (Phi) is 6.77. The standard InChI is InChI=1S/C25H36N2O4/c1-17(2)22(26-20(28)11-18-9-7-6-8-10-18)23(30)31-14-21(29)27-16-25(5)13-19(27)12-24(3,4)15-25/h6-10,17,19,22H,11-16H2,1-5H3,(H,26,28)/t19-,22-,25-/m0/s1. The first-order chi connectivity index (χ1) is 14.5. The number of nitrogens with zero attached hydrogens (tertiary/aromatic N) is 1. The molecule has 170 valence electrons. The molecule has 1 heterocycles. The van der Waals surface area contributed by atoms with Crippen molar-refractivity contribution in [3.63, 3.8) is 0 Å². The second-order valence-electron chi connectivity index (χ2n) is 10.8. The Morgan fingerprint density at radius 2 is 1.81 bits per heavy atom. The van der Waals surface area contributed by atoms with E-state index in [1.807, 2.05) is 49.1 Å². The monoisotopic (exact) mass is 428 g/mol. The van der Waals surface area contributed by atoms with Crippen LogP contribution in [0.15, 0.2) is 30.3 Å². The number of ether oxygens (including phenoxy) is 1. The second kappa shape index (κ2) is 9.01. The van der Waals surface area contributed by atoms with Crippen molar-refractivity contribution in [3.05, 3.63) is 35.9 Å². The van der Waals surface area contributed by atoms with Crippen molar-refractivity contribution in [2.45, 2.75) is 72.4 Å². The molecule has 2 bridgehead atoms. The third-order valence-electron chi connectivity index (χ3n) is 6.52. The number of carbonyl (C=O) groups excluding carboxylic acids is 3. The second-order valence-corrected chi connectivity index (χ2v) is 10.8. The summed E-state index contributed by atoms with van der Waals surface area (Å²) in [4.78, 5) is 39.9. The van der Waals surface area contributed by atoms with Gasteiger partial charge in [0.25, 0.3) is 5.91 Å². The third-order valence-corrected chi connectivity index (χ3v) is 6.52. The molecule has 1 aromatic rings. The summed E-state index contributed by atoms with van der Waals surface area (Å²) in [5.41, 5.74) is 1.23. The summed E-state index contributed by atoms with van der Waals surface area (Å²) in [6.45, 7) is 10.9. The van der Waals surface area contributed by atoms with Crippen LogP contribution in [0.25, 0.3) is 0 Å². The Labute approximate surface area is 185 Å². The predicted molar refractivity (Wildman–Crippen MR) is 119 cm³/mol. The molecule has 3 rings (SSSR count). The van der Waals surface area contributed by atoms with Gasteiger partial charge < -0.3 is 15.0 Å². The minimum atomic E-state index is -0.779. The zero-order chi connectivity index (χ0) is 22.8. The Hall–Kier alpha value is -2.37. The maximum absolute atomic E-state index is 12.9. The van der Waals surface area contributed by atoms with Crippen LogP contribution in [0.2, 0.25) is 0 Å². The van der Waals surface area contributed by atoms with Crippen LogP contribution in [0.1, 0.15) is 59.4 Å². The molecule has 3 atom stereocenters. The van der Waals surface area contributed by atoms with Gasteiger partial charge in [0.2, 0.25) is 5.91 Å². The maximum Gasteiger partial charge on any atom is 0.329 e. The molecule has 31 heavy (non-hydrogen) atoms. The van der Waals surface area contributed by atoms with E-state index < -0.39 is 12.0 Å². The Bertz CT molecular complexity index is 820. The molecule has 0 aromatic heterocycles. The molecule has 1 saturated carbocycles. The van der Waals surface area contributed by atoms with Crippen LogP contribution in [0, 0.1) is 16.7 Å². The molecule has 1 aliphatic heterocycles. The van der Waals surface area contributed by atoms with Crippen LogP contribution in [0.5, 0.6) is 0 Å². The average Bonchev–Trinajstić information content (AvgIpc) is 2.93. The summed E-state index contributed by atoms with van der Waals surface area (Å²) in [6, 6.07) is 8.81. The molecule has 6 nitrogen and oxygen atoms in total. The Balaban J connectivity index is 1.54. The maximum atomic E-state index is 12.9. The lowest BCUT2D eigenvalue weighted by atomic mass is 9.65. The van der Waals surface area contributed by atoms with Gasteiger partial charge in [-0.1, -0.05) is 65.0 Å². The fourth-order valence-corrected chi connectivity index (χ4v) is 5.56. The molecule has 2 aliphatic rings. The van der Waals surface area contributed by atoms with Crippen LogP contribution in [-0.2, 0) is 25.5 Å². The molecule has 1 N–H and O–H groups in total. The molecular weight excluding hydrogens is 392 g/mol. The highest BCUT2D eigenvalue weighted by Gasteiger charge is 2.51. The molecule has 0 unspecified atom stereocenters. The largest absolute Gasteiger partial charge is 0.454 e. The average molecular weight is 429 g/mol. The van der Waals surface area contributed by atoms with Crippen LogP contribution in [0.3, 0.4) is 0 Å². The first-order valence-corrected chi connectivity index (χ1v) is 11.3. The molecule has 0 radical (unpaired) electrons. The van der Waals surface area contributed by atoms with E-state index in [-0.39, 0.29) is 47.6 Å². The van der Waals surface area contributed by atoms with Crippen LogP contribution >= 0.6 is 0 Å². The molecule has 2 amide bonds. The number of likely N-dealkylation sites (tertiary alicyclic amines) is 1. The number of hydrogen-bond donors (Lipinski definition) is 1. The molecule has 6 heteroatoms. The van der Waals surface area contributed by atoms with E-state index in [9.17, 15) is 14.4 Å². The minimum absolute atomic E-state index is 0.137. The predicted octanol–water partition coefficient (Wildman–Crippen LogP) is 3.34. The summed E-state index contributed by atoms with van der Waals surface area (Å²) < 4.78 is 5.38. The van der Waals surface area contributed by atoms with Crippen LogP contribution in [0.4, 0.5) is 0 Å². The number of hydrogen-bond acceptors (Lipinski definition) is 4. The highest BCUT2D eigenvalue weighted by Crippen LogP contribution is 2.52. The number of amides is 2. The molecule has 0 spiro atoms. The van der Waals surface area contributed by atoms with E-state index in [1.54, 1.807) is 0 Å². The molecule has 1 aliphatic carbocycles. The third kappa shape index (κ3) is 5.86. The van der Waals surface area contributed by atoms with E-state index in [0.29, 0.717) is 0 Å². The minimum Gasteiger partial charge on any atom is -0.454 e. The van der Waals surface area contributed by atoms with Crippen molar-refractivity contribution < 1.29 is 19.1 Å². The van der Waals surface area contributed by atoms with Gasteiger partial charge in [-0.25, -0.2) is 4.79 Å². The Morgan fingerprint density at radius 3 is 2.45 bits per heavy atom. The molecule has 2 fully saturated rings. The van der Waals surface area contributed by atoms with Gasteiger partial charge in [-0.3, -0.25) is 9.59 Å². The summed E-state index contributed by atoms with van der Waals surface area (Å²) in [7, 11) is 0. The molecule has 1 aromatic carbocycles. The van der Waals surface area contributed by atoms with Crippen molar-refractivity contribution in [2.75, 3.05) is 13.2 Å². The molecule has 1 saturated heterocycles. The number of rotatable bonds is 7. The number of fused-ring (bicyclic) bond motifs is 2. The first kappa shape index (κ1) is 23.3. The summed E-state index contributed by atoms with van der Waals surface area (Å²) in [6.07, 6.45) is 3.29. The van der Waals surface area contributed by atoms with Crippen LogP contribution < -0.4 is 5.32 Å². The van der Waals surface area contributed by atoms with Crippen molar-refractivity contribution in [2.24, 2.45) is 16.7 Å². The van der Waals surface area contributed by atoms with Gasteiger partial charge in [-0.15, -0.1) is 0 Å². The lowest BCUT2D eigenvalue weighted by Gasteiger charge is -2.39. The number of esters is 1. The van der Waals surface area contributed by atoms with Gasteiger partial charge in [-0.05, 0) is 41.6 Å². The zero-order valence-corrected chi connectivity index (χ0v) is 19.4. The van der Waals surface area contributed by atoms with Gasteiger partial charge in [0.15, 0.2) is 6.61 Å². The normalized spacial score (nSPS) is 25.2. The summed E-state index contributed by atoms with van der Waals surface area (Å²) in [5.74, 6) is -1.08. The van der Waals surface area contributed by atoms with E-state index in [1.165, 1.54) is 0 Å². The van der Waals surface area contributed by atoms with Crippen LogP contribution in [-0.4, -0.2) is 47.9 Å². The lowest BCUT2D eigenvalue weighted by Crippen LogP contribution is -2.47. The number of carbonyl (C=O) groups is 3. The zero-order valence-electron chi connectivity index (χ0n) is 19.4. The molecular formula is C25H36N2O4. The van der Waals surface area contributed by atoms with Crippen molar-refractivity contribution >= 4 is 17.8 Å². The topological polar surface area (TPSA) is 75.7 Å². The highest BCUT2D eigenvalue weighted by molar-refractivity contribution is 5.87. The fourth-order valence-electron chi connectivity index (χ4n) is 5.56. The lowest BCUT2D eigenvalue weighted by molar-refractivity contribution is -0.156. The van der Waals surface area contributed by atoms with Crippen molar-refractivity contribution in [1.82, 2.24) is 10.2 Å². The smallest absolute Gasteiger partial charge is 0.329 e. The number of benzene rings is 1. The first-order valence-electron chi connectivity index (χ1n) is 11.3. The Morgan fingerprint density at radius 1 is 1.13 bits per heavy atom. The summed E-state index contributed by atoms with van der Waals surface area (Å²) >= 11 is 0.